The number of aryl methyl sites for hydroxylation is 1. The molecular formula is C19H30N2OS. The molecule has 1 aliphatic carbocycles. The van der Waals surface area contributed by atoms with E-state index in [9.17, 15) is 4.79 Å². The summed E-state index contributed by atoms with van der Waals surface area (Å²) in [6, 6.07) is 2.52. The lowest BCUT2D eigenvalue weighted by atomic mass is 9.72. The number of fused-ring (bicyclic) bond motifs is 1. The Kier molecular flexibility index (Phi) is 4.84. The Morgan fingerprint density at radius 2 is 1.96 bits per heavy atom. The van der Waals surface area contributed by atoms with Crippen molar-refractivity contribution in [1.29, 1.82) is 0 Å². The van der Waals surface area contributed by atoms with E-state index in [4.69, 9.17) is 0 Å². The first kappa shape index (κ1) is 17.0. The van der Waals surface area contributed by atoms with Crippen LogP contribution in [0.2, 0.25) is 0 Å². The Morgan fingerprint density at radius 1 is 1.26 bits per heavy atom. The summed E-state index contributed by atoms with van der Waals surface area (Å²) in [6.07, 6.45) is 5.67. The van der Waals surface area contributed by atoms with Crippen molar-refractivity contribution in [2.45, 2.75) is 58.9 Å². The van der Waals surface area contributed by atoms with E-state index in [-0.39, 0.29) is 5.91 Å². The van der Waals surface area contributed by atoms with Crippen molar-refractivity contribution in [2.24, 2.45) is 11.3 Å². The van der Waals surface area contributed by atoms with E-state index in [1.807, 2.05) is 0 Å². The number of amides is 1. The Labute approximate surface area is 144 Å². The van der Waals surface area contributed by atoms with Crippen LogP contribution in [-0.2, 0) is 12.8 Å². The Morgan fingerprint density at radius 3 is 2.61 bits per heavy atom. The van der Waals surface area contributed by atoms with Crippen LogP contribution in [0.15, 0.2) is 6.07 Å². The molecule has 1 aromatic heterocycles. The fourth-order valence-corrected chi connectivity index (χ4v) is 4.90. The first-order chi connectivity index (χ1) is 10.8. The Bertz CT molecular complexity index is 564. The van der Waals surface area contributed by atoms with Crippen molar-refractivity contribution in [2.75, 3.05) is 20.1 Å². The van der Waals surface area contributed by atoms with E-state index in [0.717, 1.165) is 49.6 Å². The average Bonchev–Trinajstić information content (AvgIpc) is 2.92. The van der Waals surface area contributed by atoms with Crippen molar-refractivity contribution < 1.29 is 4.79 Å². The quantitative estimate of drug-likeness (QED) is 0.894. The normalized spacial score (nSPS) is 23.6. The SMILES string of the molecule is CN1CCC(NC(=O)c2cc3c(s2)CC[C@@H](C(C)(C)C)C3)CC1. The van der Waals surface area contributed by atoms with Gasteiger partial charge in [0.2, 0.25) is 0 Å². The van der Waals surface area contributed by atoms with E-state index in [1.165, 1.54) is 16.9 Å². The zero-order valence-corrected chi connectivity index (χ0v) is 15.8. The largest absolute Gasteiger partial charge is 0.349 e. The molecule has 2 heterocycles. The van der Waals surface area contributed by atoms with E-state index in [1.54, 1.807) is 11.3 Å². The third kappa shape index (κ3) is 3.97. The molecule has 1 atom stereocenters. The molecule has 23 heavy (non-hydrogen) atoms. The molecule has 1 aromatic rings. The monoisotopic (exact) mass is 334 g/mol. The topological polar surface area (TPSA) is 32.3 Å². The Balaban J connectivity index is 1.64. The van der Waals surface area contributed by atoms with Gasteiger partial charge >= 0.3 is 0 Å². The van der Waals surface area contributed by atoms with Gasteiger partial charge in [0.15, 0.2) is 0 Å². The second-order valence-electron chi connectivity index (χ2n) is 8.42. The predicted molar refractivity (Wildman–Crippen MR) is 97.3 cm³/mol. The lowest BCUT2D eigenvalue weighted by Crippen LogP contribution is -2.43. The third-order valence-electron chi connectivity index (χ3n) is 5.59. The summed E-state index contributed by atoms with van der Waals surface area (Å²) < 4.78 is 0. The van der Waals surface area contributed by atoms with Gasteiger partial charge in [0.1, 0.15) is 0 Å². The van der Waals surface area contributed by atoms with Crippen molar-refractivity contribution in [3.63, 3.8) is 0 Å². The molecule has 1 aliphatic heterocycles. The van der Waals surface area contributed by atoms with Gasteiger partial charge in [0.05, 0.1) is 4.88 Å². The summed E-state index contributed by atoms with van der Waals surface area (Å²) in [5.41, 5.74) is 1.78. The van der Waals surface area contributed by atoms with Gasteiger partial charge in [0, 0.05) is 10.9 Å². The molecule has 0 saturated carbocycles. The van der Waals surface area contributed by atoms with E-state index in [2.05, 4.69) is 44.1 Å². The van der Waals surface area contributed by atoms with Crippen molar-refractivity contribution in [1.82, 2.24) is 10.2 Å². The third-order valence-corrected chi connectivity index (χ3v) is 6.82. The molecule has 4 heteroatoms. The van der Waals surface area contributed by atoms with Crippen LogP contribution in [0.1, 0.15) is 60.1 Å². The maximum absolute atomic E-state index is 12.6. The molecule has 128 valence electrons. The molecule has 3 rings (SSSR count). The highest BCUT2D eigenvalue weighted by Crippen LogP contribution is 2.40. The lowest BCUT2D eigenvalue weighted by Gasteiger charge is -2.33. The van der Waals surface area contributed by atoms with Crippen LogP contribution >= 0.6 is 11.3 Å². The van der Waals surface area contributed by atoms with Crippen LogP contribution in [0.5, 0.6) is 0 Å². The first-order valence-corrected chi connectivity index (χ1v) is 9.75. The fraction of sp³-hybridized carbons (Fsp3) is 0.737. The zero-order chi connectivity index (χ0) is 16.6. The summed E-state index contributed by atoms with van der Waals surface area (Å²) in [5, 5.41) is 3.25. The molecule has 0 spiro atoms. The molecule has 0 aromatic carbocycles. The number of carbonyl (C=O) groups is 1. The number of piperidine rings is 1. The first-order valence-electron chi connectivity index (χ1n) is 8.94. The predicted octanol–water partition coefficient (Wildman–Crippen LogP) is 3.72. The maximum Gasteiger partial charge on any atom is 0.261 e. The van der Waals surface area contributed by atoms with E-state index >= 15 is 0 Å². The number of hydrogen-bond acceptors (Lipinski definition) is 3. The molecule has 3 nitrogen and oxygen atoms in total. The van der Waals surface area contributed by atoms with Gasteiger partial charge in [-0.25, -0.2) is 0 Å². The van der Waals surface area contributed by atoms with Gasteiger partial charge in [-0.15, -0.1) is 11.3 Å². The van der Waals surface area contributed by atoms with E-state index < -0.39 is 0 Å². The number of hydrogen-bond donors (Lipinski definition) is 1. The number of nitrogens with zero attached hydrogens (tertiary/aromatic N) is 1. The van der Waals surface area contributed by atoms with Crippen LogP contribution in [0.3, 0.4) is 0 Å². The molecule has 1 amide bonds. The van der Waals surface area contributed by atoms with Gasteiger partial charge in [0.25, 0.3) is 5.91 Å². The standard InChI is InChI=1S/C19H30N2OS/c1-19(2,3)14-5-6-16-13(11-14)12-17(23-16)18(22)20-15-7-9-21(4)10-8-15/h12,14-15H,5-11H2,1-4H3,(H,20,22)/t14-/m1/s1. The van der Waals surface area contributed by atoms with Gasteiger partial charge in [-0.2, -0.15) is 0 Å². The van der Waals surface area contributed by atoms with Gasteiger partial charge in [-0.05, 0) is 75.2 Å². The van der Waals surface area contributed by atoms with Crippen molar-refractivity contribution >= 4 is 17.2 Å². The molecule has 0 radical (unpaired) electrons. The van der Waals surface area contributed by atoms with Gasteiger partial charge in [-0.1, -0.05) is 20.8 Å². The zero-order valence-electron chi connectivity index (χ0n) is 14.9. The smallest absolute Gasteiger partial charge is 0.261 e. The van der Waals surface area contributed by atoms with Gasteiger partial charge < -0.3 is 10.2 Å². The molecule has 0 unspecified atom stereocenters. The number of likely N-dealkylation sites (tertiary alicyclic amines) is 1. The summed E-state index contributed by atoms with van der Waals surface area (Å²) in [4.78, 5) is 17.3. The minimum atomic E-state index is 0.145. The highest BCUT2D eigenvalue weighted by Gasteiger charge is 2.30. The molecule has 2 aliphatic rings. The second kappa shape index (κ2) is 6.56. The fourth-order valence-electron chi connectivity index (χ4n) is 3.78. The molecule has 1 saturated heterocycles. The van der Waals surface area contributed by atoms with Crippen LogP contribution in [0.25, 0.3) is 0 Å². The highest BCUT2D eigenvalue weighted by molar-refractivity contribution is 7.14. The van der Waals surface area contributed by atoms with Crippen molar-refractivity contribution in [3.05, 3.63) is 21.4 Å². The molecule has 0 bridgehead atoms. The second-order valence-corrected chi connectivity index (χ2v) is 9.55. The summed E-state index contributed by atoms with van der Waals surface area (Å²) >= 11 is 1.72. The van der Waals surface area contributed by atoms with Crippen LogP contribution < -0.4 is 5.32 Å². The summed E-state index contributed by atoms with van der Waals surface area (Å²) in [7, 11) is 2.15. The highest BCUT2D eigenvalue weighted by atomic mass is 32.1. The minimum absolute atomic E-state index is 0.145. The van der Waals surface area contributed by atoms with Crippen LogP contribution in [-0.4, -0.2) is 37.0 Å². The Hall–Kier alpha value is -0.870. The molecular weight excluding hydrogens is 304 g/mol. The molecule has 1 fully saturated rings. The number of nitrogens with one attached hydrogen (secondary N) is 1. The summed E-state index contributed by atoms with van der Waals surface area (Å²) in [5.74, 6) is 0.876. The maximum atomic E-state index is 12.6. The van der Waals surface area contributed by atoms with E-state index in [0.29, 0.717) is 11.5 Å². The molecule has 1 N–H and O–H groups in total. The van der Waals surface area contributed by atoms with Crippen LogP contribution in [0, 0.1) is 11.3 Å². The van der Waals surface area contributed by atoms with Gasteiger partial charge in [-0.3, -0.25) is 4.79 Å². The lowest BCUT2D eigenvalue weighted by molar-refractivity contribution is 0.0921. The number of rotatable bonds is 2. The van der Waals surface area contributed by atoms with Crippen LogP contribution in [0.4, 0.5) is 0 Å². The minimum Gasteiger partial charge on any atom is -0.349 e. The number of thiophene rings is 1. The summed E-state index contributed by atoms with van der Waals surface area (Å²) in [6.45, 7) is 9.17. The average molecular weight is 335 g/mol. The number of carbonyl (C=O) groups excluding carboxylic acids is 1. The van der Waals surface area contributed by atoms with Crippen molar-refractivity contribution in [3.8, 4) is 0 Å².